The number of hydrogen-bond acceptors (Lipinski definition) is 4. The minimum absolute atomic E-state index is 0.0136. The lowest BCUT2D eigenvalue weighted by Crippen LogP contribution is -2.37. The predicted octanol–water partition coefficient (Wildman–Crippen LogP) is 2.26. The van der Waals surface area contributed by atoms with E-state index in [1.807, 2.05) is 0 Å². The van der Waals surface area contributed by atoms with Crippen LogP contribution in [0.25, 0.3) is 0 Å². The summed E-state index contributed by atoms with van der Waals surface area (Å²) in [5, 5.41) is 0. The lowest BCUT2D eigenvalue weighted by atomic mass is 10.0. The monoisotopic (exact) mass is 413 g/mol. The average molecular weight is 413 g/mol. The van der Waals surface area contributed by atoms with Gasteiger partial charge in [0, 0.05) is 50.3 Å². The molecule has 0 aromatic heterocycles. The molecule has 2 N–H and O–H groups in total. The first kappa shape index (κ1) is 20.1. The van der Waals surface area contributed by atoms with Gasteiger partial charge in [-0.25, -0.2) is 26.3 Å². The molecule has 27 heavy (non-hydrogen) atoms. The van der Waals surface area contributed by atoms with E-state index < -0.39 is 46.2 Å². The van der Waals surface area contributed by atoms with Gasteiger partial charge in [0.2, 0.25) is 11.3 Å². The standard InChI is InChI=1S/C16H17F6N3OS/c17-9-10(18)12(20)14(13(21)11(9)19)24-3-7-5-25(6-8(7)4-24)16(26)15(22)27-2-1-23/h7-8,15H,1-6,23H2/t7-,8+,15?. The molecule has 2 saturated heterocycles. The van der Waals surface area contributed by atoms with Gasteiger partial charge in [-0.3, -0.25) is 4.79 Å². The van der Waals surface area contributed by atoms with Gasteiger partial charge in [0.1, 0.15) is 5.69 Å². The maximum atomic E-state index is 14.0. The molecule has 150 valence electrons. The third kappa shape index (κ3) is 3.58. The number of amides is 1. The van der Waals surface area contributed by atoms with E-state index in [0.717, 1.165) is 16.7 Å². The van der Waals surface area contributed by atoms with Crippen LogP contribution in [0, 0.1) is 40.9 Å². The normalized spacial score (nSPS) is 23.1. The Balaban J connectivity index is 1.70. The van der Waals surface area contributed by atoms with Crippen molar-refractivity contribution < 1.29 is 31.1 Å². The van der Waals surface area contributed by atoms with Crippen molar-refractivity contribution in [3.8, 4) is 0 Å². The third-order valence-electron chi connectivity index (χ3n) is 4.88. The van der Waals surface area contributed by atoms with Crippen LogP contribution in [0.3, 0.4) is 0 Å². The molecule has 11 heteroatoms. The molecule has 0 radical (unpaired) electrons. The SMILES string of the molecule is NCCSC(F)C(=O)N1C[C@@H]2CN(c3c(F)c(F)c(F)c(F)c3F)C[C@@H]2C1. The highest BCUT2D eigenvalue weighted by atomic mass is 32.2. The number of hydrogen-bond donors (Lipinski definition) is 1. The number of carbonyl (C=O) groups excluding carboxylic acids is 1. The van der Waals surface area contributed by atoms with Crippen molar-refractivity contribution in [2.75, 3.05) is 43.4 Å². The molecule has 2 aliphatic rings. The van der Waals surface area contributed by atoms with Gasteiger partial charge in [-0.2, -0.15) is 0 Å². The lowest BCUT2D eigenvalue weighted by molar-refractivity contribution is -0.132. The van der Waals surface area contributed by atoms with Crippen LogP contribution in [0.15, 0.2) is 0 Å². The number of fused-ring (bicyclic) bond motifs is 1. The van der Waals surface area contributed by atoms with Gasteiger partial charge in [-0.05, 0) is 0 Å². The molecule has 1 aromatic carbocycles. The van der Waals surface area contributed by atoms with E-state index in [2.05, 4.69) is 0 Å². The zero-order valence-corrected chi connectivity index (χ0v) is 14.8. The van der Waals surface area contributed by atoms with Gasteiger partial charge in [0.25, 0.3) is 5.91 Å². The van der Waals surface area contributed by atoms with Gasteiger partial charge in [-0.15, -0.1) is 11.8 Å². The average Bonchev–Trinajstić information content (AvgIpc) is 3.21. The molecule has 1 aromatic rings. The van der Waals surface area contributed by atoms with Gasteiger partial charge in [0.05, 0.1) is 0 Å². The van der Waals surface area contributed by atoms with Gasteiger partial charge in [0.15, 0.2) is 23.3 Å². The second kappa shape index (κ2) is 7.78. The quantitative estimate of drug-likeness (QED) is 0.457. The van der Waals surface area contributed by atoms with Crippen LogP contribution in [-0.4, -0.2) is 54.8 Å². The summed E-state index contributed by atoms with van der Waals surface area (Å²) in [4.78, 5) is 14.5. The van der Waals surface area contributed by atoms with Crippen molar-refractivity contribution >= 4 is 23.4 Å². The highest BCUT2D eigenvalue weighted by Crippen LogP contribution is 2.38. The van der Waals surface area contributed by atoms with E-state index in [1.165, 1.54) is 4.90 Å². The second-order valence-corrected chi connectivity index (χ2v) is 7.72. The molecule has 0 bridgehead atoms. The summed E-state index contributed by atoms with van der Waals surface area (Å²) in [5.74, 6) is -10.8. The number of thioether (sulfide) groups is 1. The number of likely N-dealkylation sites (tertiary alicyclic amines) is 1. The van der Waals surface area contributed by atoms with Crippen molar-refractivity contribution in [3.05, 3.63) is 29.1 Å². The van der Waals surface area contributed by atoms with Crippen LogP contribution in [0.1, 0.15) is 0 Å². The minimum atomic E-state index is -2.20. The Morgan fingerprint density at radius 2 is 1.44 bits per heavy atom. The van der Waals surface area contributed by atoms with Crippen molar-refractivity contribution in [1.82, 2.24) is 4.90 Å². The number of benzene rings is 1. The molecule has 0 spiro atoms. The zero-order valence-electron chi connectivity index (χ0n) is 14.0. The van der Waals surface area contributed by atoms with Crippen LogP contribution < -0.4 is 10.6 Å². The Kier molecular flexibility index (Phi) is 5.80. The fourth-order valence-electron chi connectivity index (χ4n) is 3.61. The summed E-state index contributed by atoms with van der Waals surface area (Å²) in [6, 6.07) is 0. The highest BCUT2D eigenvalue weighted by molar-refractivity contribution is 8.00. The van der Waals surface area contributed by atoms with Gasteiger partial charge < -0.3 is 15.5 Å². The first-order chi connectivity index (χ1) is 12.8. The summed E-state index contributed by atoms with van der Waals surface area (Å²) in [6.07, 6.45) is 0. The number of nitrogens with two attached hydrogens (primary N) is 1. The van der Waals surface area contributed by atoms with E-state index >= 15 is 0 Å². The summed E-state index contributed by atoms with van der Waals surface area (Å²) in [5.41, 5.74) is 2.58. The Hall–Kier alpha value is -1.62. The molecule has 3 rings (SSSR count). The van der Waals surface area contributed by atoms with E-state index in [9.17, 15) is 31.1 Å². The number of halogens is 6. The molecule has 2 heterocycles. The molecular weight excluding hydrogens is 396 g/mol. The Bertz CT molecular complexity index is 708. The molecular formula is C16H17F6N3OS. The second-order valence-electron chi connectivity index (χ2n) is 6.56. The number of rotatable bonds is 5. The van der Waals surface area contributed by atoms with E-state index in [-0.39, 0.29) is 44.6 Å². The highest BCUT2D eigenvalue weighted by Gasteiger charge is 2.45. The van der Waals surface area contributed by atoms with Crippen molar-refractivity contribution in [2.24, 2.45) is 17.6 Å². The van der Waals surface area contributed by atoms with E-state index in [0.29, 0.717) is 5.75 Å². The summed E-state index contributed by atoms with van der Waals surface area (Å²) >= 11 is 0.794. The molecule has 4 nitrogen and oxygen atoms in total. The Morgan fingerprint density at radius 3 is 1.93 bits per heavy atom. The fraction of sp³-hybridized carbons (Fsp3) is 0.562. The van der Waals surface area contributed by atoms with Gasteiger partial charge >= 0.3 is 0 Å². The summed E-state index contributed by atoms with van der Waals surface area (Å²) in [6.45, 7) is 0.595. The maximum absolute atomic E-state index is 14.0. The van der Waals surface area contributed by atoms with Crippen LogP contribution in [0.2, 0.25) is 0 Å². The van der Waals surface area contributed by atoms with Gasteiger partial charge in [-0.1, -0.05) is 0 Å². The summed E-state index contributed by atoms with van der Waals surface area (Å²) in [7, 11) is 0. The Morgan fingerprint density at radius 1 is 0.963 bits per heavy atom. The lowest BCUT2D eigenvalue weighted by Gasteiger charge is -2.25. The predicted molar refractivity (Wildman–Crippen MR) is 88.4 cm³/mol. The first-order valence-corrected chi connectivity index (χ1v) is 9.32. The van der Waals surface area contributed by atoms with Crippen molar-refractivity contribution in [3.63, 3.8) is 0 Å². The molecule has 3 atom stereocenters. The summed E-state index contributed by atoms with van der Waals surface area (Å²) < 4.78 is 81.8. The van der Waals surface area contributed by atoms with Crippen LogP contribution in [0.5, 0.6) is 0 Å². The number of anilines is 1. The van der Waals surface area contributed by atoms with E-state index in [1.54, 1.807) is 0 Å². The van der Waals surface area contributed by atoms with E-state index in [4.69, 9.17) is 5.73 Å². The largest absolute Gasteiger partial charge is 0.366 e. The minimum Gasteiger partial charge on any atom is -0.366 e. The molecule has 0 saturated carbocycles. The smallest absolute Gasteiger partial charge is 0.267 e. The van der Waals surface area contributed by atoms with Crippen molar-refractivity contribution in [2.45, 2.75) is 5.50 Å². The number of alkyl halides is 1. The van der Waals surface area contributed by atoms with Crippen LogP contribution >= 0.6 is 11.8 Å². The first-order valence-electron chi connectivity index (χ1n) is 8.27. The molecule has 2 fully saturated rings. The fourth-order valence-corrected chi connectivity index (χ4v) is 4.25. The Labute approximate surface area is 155 Å². The van der Waals surface area contributed by atoms with Crippen LogP contribution in [0.4, 0.5) is 32.0 Å². The maximum Gasteiger partial charge on any atom is 0.267 e. The molecule has 2 aliphatic heterocycles. The molecule has 0 aliphatic carbocycles. The zero-order chi connectivity index (χ0) is 19.9. The topological polar surface area (TPSA) is 49.6 Å². The molecule has 1 unspecified atom stereocenters. The molecule has 1 amide bonds. The van der Waals surface area contributed by atoms with Crippen molar-refractivity contribution in [1.29, 1.82) is 0 Å². The number of carbonyl (C=O) groups is 1. The van der Waals surface area contributed by atoms with Crippen LogP contribution in [-0.2, 0) is 4.79 Å². The third-order valence-corrected chi connectivity index (χ3v) is 5.84. The number of nitrogens with zero attached hydrogens (tertiary/aromatic N) is 2.